The molecule has 0 fully saturated rings. The maximum absolute atomic E-state index is 12.4. The summed E-state index contributed by atoms with van der Waals surface area (Å²) in [5, 5.41) is 9.95. The Balaban J connectivity index is 1.97. The lowest BCUT2D eigenvalue weighted by atomic mass is 10.1. The number of aromatic nitrogens is 2. The summed E-state index contributed by atoms with van der Waals surface area (Å²) in [4.78, 5) is 23.6. The topological polar surface area (TPSA) is 85.2 Å². The summed E-state index contributed by atoms with van der Waals surface area (Å²) in [6.45, 7) is 0. The van der Waals surface area contributed by atoms with Gasteiger partial charge in [0.1, 0.15) is 6.04 Å². The van der Waals surface area contributed by atoms with Crippen LogP contribution in [0.25, 0.3) is 0 Å². The first kappa shape index (κ1) is 17.7. The molecule has 24 heavy (non-hydrogen) atoms. The van der Waals surface area contributed by atoms with Crippen LogP contribution in [0, 0.1) is 0 Å². The maximum Gasteiger partial charge on any atom is 0.305 e. The fourth-order valence-electron chi connectivity index (χ4n) is 2.36. The molecule has 7 nitrogen and oxygen atoms in total. The number of hydrogen-bond acceptors (Lipinski definition) is 5. The molecule has 2 N–H and O–H groups in total. The molecule has 1 amide bonds. The van der Waals surface area contributed by atoms with E-state index in [9.17, 15) is 9.59 Å². The van der Waals surface area contributed by atoms with E-state index in [1.54, 1.807) is 31.2 Å². The second-order valence-corrected chi connectivity index (χ2v) is 5.43. The minimum Gasteiger partial charge on any atom is -0.469 e. The van der Waals surface area contributed by atoms with Gasteiger partial charge in [-0.3, -0.25) is 14.3 Å². The first-order valence-corrected chi connectivity index (χ1v) is 7.66. The molecule has 1 atom stereocenters. The molecule has 0 saturated carbocycles. The molecule has 0 aliphatic rings. The van der Waals surface area contributed by atoms with E-state index in [2.05, 4.69) is 20.5 Å². The molecule has 128 valence electrons. The third-order valence-electron chi connectivity index (χ3n) is 3.68. The lowest BCUT2D eigenvalue weighted by Crippen LogP contribution is -2.30. The van der Waals surface area contributed by atoms with Gasteiger partial charge in [-0.15, -0.1) is 0 Å². The maximum atomic E-state index is 12.4. The number of carbonyl (C=O) groups excluding carboxylic acids is 2. The number of rotatable bonds is 7. The van der Waals surface area contributed by atoms with Crippen molar-refractivity contribution in [1.29, 1.82) is 0 Å². The zero-order chi connectivity index (χ0) is 17.5. The van der Waals surface area contributed by atoms with E-state index in [0.717, 1.165) is 11.1 Å². The Morgan fingerprint density at radius 2 is 2.00 bits per heavy atom. The Hall–Kier alpha value is -2.67. The molecular weight excluding hydrogens is 308 g/mol. The van der Waals surface area contributed by atoms with Crippen molar-refractivity contribution in [2.45, 2.75) is 18.9 Å². The highest BCUT2D eigenvalue weighted by Gasteiger charge is 2.20. The van der Waals surface area contributed by atoms with Gasteiger partial charge in [0.15, 0.2) is 0 Å². The van der Waals surface area contributed by atoms with Gasteiger partial charge < -0.3 is 15.4 Å². The Morgan fingerprint density at radius 1 is 1.29 bits per heavy atom. The predicted molar refractivity (Wildman–Crippen MR) is 90.4 cm³/mol. The Kier molecular flexibility index (Phi) is 6.08. The first-order chi connectivity index (χ1) is 11.5. The highest BCUT2D eigenvalue weighted by molar-refractivity contribution is 5.95. The predicted octanol–water partition coefficient (Wildman–Crippen LogP) is 1.42. The quantitative estimate of drug-likeness (QED) is 0.750. The molecule has 2 rings (SSSR count). The zero-order valence-electron chi connectivity index (χ0n) is 14.1. The number of benzene rings is 1. The Bertz CT molecular complexity index is 694. The molecule has 1 aromatic carbocycles. The number of nitrogens with zero attached hydrogens (tertiary/aromatic N) is 2. The summed E-state index contributed by atoms with van der Waals surface area (Å²) in [7, 11) is 4.91. The van der Waals surface area contributed by atoms with E-state index in [-0.39, 0.29) is 11.9 Å². The van der Waals surface area contributed by atoms with E-state index in [1.807, 2.05) is 24.3 Å². The fraction of sp³-hybridized carbons (Fsp3) is 0.353. The van der Waals surface area contributed by atoms with Crippen LogP contribution < -0.4 is 10.6 Å². The highest BCUT2D eigenvalue weighted by atomic mass is 16.5. The minimum absolute atomic E-state index is 0.159. The lowest BCUT2D eigenvalue weighted by molar-refractivity contribution is -0.140. The van der Waals surface area contributed by atoms with Crippen molar-refractivity contribution < 1.29 is 14.3 Å². The number of anilines is 1. The van der Waals surface area contributed by atoms with E-state index in [1.165, 1.54) is 7.11 Å². The van der Waals surface area contributed by atoms with Crippen LogP contribution in [0.1, 0.15) is 23.6 Å². The number of nitrogens with one attached hydrogen (secondary N) is 2. The lowest BCUT2D eigenvalue weighted by Gasteiger charge is -2.14. The van der Waals surface area contributed by atoms with Crippen LogP contribution >= 0.6 is 0 Å². The second-order valence-electron chi connectivity index (χ2n) is 5.43. The van der Waals surface area contributed by atoms with Crippen LogP contribution in [0.3, 0.4) is 0 Å². The Labute approximate surface area is 141 Å². The van der Waals surface area contributed by atoms with Gasteiger partial charge in [0.25, 0.3) is 0 Å². The summed E-state index contributed by atoms with van der Waals surface area (Å²) in [6.07, 6.45) is 4.41. The number of methoxy groups -OCH3 is 1. The molecule has 0 radical (unpaired) electrons. The second kappa shape index (κ2) is 8.26. The van der Waals surface area contributed by atoms with Crippen molar-refractivity contribution in [3.63, 3.8) is 0 Å². The number of amides is 1. The van der Waals surface area contributed by atoms with E-state index in [0.29, 0.717) is 18.5 Å². The molecule has 1 aromatic heterocycles. The average Bonchev–Trinajstić information content (AvgIpc) is 3.00. The highest BCUT2D eigenvalue weighted by Crippen LogP contribution is 2.16. The Morgan fingerprint density at radius 3 is 2.54 bits per heavy atom. The summed E-state index contributed by atoms with van der Waals surface area (Å²) in [5.74, 6) is -0.395. The van der Waals surface area contributed by atoms with Gasteiger partial charge in [0.05, 0.1) is 13.3 Å². The van der Waals surface area contributed by atoms with Crippen molar-refractivity contribution in [2.75, 3.05) is 19.5 Å². The van der Waals surface area contributed by atoms with Gasteiger partial charge in [-0.2, -0.15) is 5.10 Å². The van der Waals surface area contributed by atoms with Crippen LogP contribution in [0.4, 0.5) is 5.69 Å². The number of aryl methyl sites for hydroxylation is 2. The van der Waals surface area contributed by atoms with Gasteiger partial charge in [0.2, 0.25) is 5.91 Å². The molecular formula is C17H22N4O3. The minimum atomic E-state index is -0.474. The molecule has 0 aliphatic carbocycles. The monoisotopic (exact) mass is 330 g/mol. The average molecular weight is 330 g/mol. The van der Waals surface area contributed by atoms with Gasteiger partial charge in [-0.05, 0) is 31.2 Å². The fourth-order valence-corrected chi connectivity index (χ4v) is 2.36. The van der Waals surface area contributed by atoms with Crippen LogP contribution in [0.15, 0.2) is 36.7 Å². The molecule has 0 saturated heterocycles. The summed E-state index contributed by atoms with van der Waals surface area (Å²) in [6, 6.07) is 6.94. The first-order valence-electron chi connectivity index (χ1n) is 7.66. The van der Waals surface area contributed by atoms with Gasteiger partial charge in [0, 0.05) is 30.9 Å². The molecule has 1 unspecified atom stereocenters. The molecule has 0 bridgehead atoms. The van der Waals surface area contributed by atoms with Crippen LogP contribution in [0.5, 0.6) is 0 Å². The number of esters is 1. The van der Waals surface area contributed by atoms with Gasteiger partial charge in [-0.25, -0.2) is 0 Å². The standard InChI is InChI=1S/C17H22N4O3/c1-18-16(13-10-19-21(2)11-13)17(23)20-14-7-4-12(5-8-14)6-9-15(22)24-3/h4-5,7-8,10-11,16,18H,6,9H2,1-3H3,(H,20,23). The number of ether oxygens (including phenoxy) is 1. The van der Waals surface area contributed by atoms with Crippen LogP contribution in [-0.4, -0.2) is 35.8 Å². The number of carbonyl (C=O) groups is 2. The van der Waals surface area contributed by atoms with Crippen molar-refractivity contribution in [3.8, 4) is 0 Å². The van der Waals surface area contributed by atoms with Crippen molar-refractivity contribution >= 4 is 17.6 Å². The molecule has 1 heterocycles. The molecule has 7 heteroatoms. The zero-order valence-corrected chi connectivity index (χ0v) is 14.1. The van der Waals surface area contributed by atoms with E-state index < -0.39 is 6.04 Å². The SMILES string of the molecule is CNC(C(=O)Nc1ccc(CCC(=O)OC)cc1)c1cnn(C)c1. The third kappa shape index (κ3) is 4.66. The summed E-state index contributed by atoms with van der Waals surface area (Å²) >= 11 is 0. The normalized spacial score (nSPS) is 11.8. The summed E-state index contributed by atoms with van der Waals surface area (Å²) < 4.78 is 6.28. The molecule has 0 spiro atoms. The smallest absolute Gasteiger partial charge is 0.305 e. The van der Waals surface area contributed by atoms with E-state index in [4.69, 9.17) is 0 Å². The molecule has 2 aromatic rings. The van der Waals surface area contributed by atoms with Gasteiger partial charge >= 0.3 is 5.97 Å². The largest absolute Gasteiger partial charge is 0.469 e. The van der Waals surface area contributed by atoms with Crippen LogP contribution in [-0.2, 0) is 27.8 Å². The van der Waals surface area contributed by atoms with Crippen molar-refractivity contribution in [2.24, 2.45) is 7.05 Å². The number of hydrogen-bond donors (Lipinski definition) is 2. The van der Waals surface area contributed by atoms with Gasteiger partial charge in [-0.1, -0.05) is 12.1 Å². The van der Waals surface area contributed by atoms with Crippen LogP contribution in [0.2, 0.25) is 0 Å². The van der Waals surface area contributed by atoms with Crippen molar-refractivity contribution in [3.05, 3.63) is 47.8 Å². The number of likely N-dealkylation sites (N-methyl/N-ethyl adjacent to an activating group) is 1. The molecule has 0 aliphatic heterocycles. The van der Waals surface area contributed by atoms with E-state index >= 15 is 0 Å². The summed E-state index contributed by atoms with van der Waals surface area (Å²) in [5.41, 5.74) is 2.51. The van der Waals surface area contributed by atoms with Crippen molar-refractivity contribution in [1.82, 2.24) is 15.1 Å². The third-order valence-corrected chi connectivity index (χ3v) is 3.68.